The van der Waals surface area contributed by atoms with Gasteiger partial charge in [-0.1, -0.05) is 37.3 Å². The number of benzene rings is 2. The van der Waals surface area contributed by atoms with Crippen LogP contribution < -0.4 is 0 Å². The van der Waals surface area contributed by atoms with Crippen LogP contribution in [0.15, 0.2) is 46.9 Å². The number of hydrogen-bond acceptors (Lipinski definition) is 3. The summed E-state index contributed by atoms with van der Waals surface area (Å²) >= 11 is 1.69. The molecule has 0 N–H and O–H groups in total. The lowest BCUT2D eigenvalue weighted by atomic mass is 10.1. The van der Waals surface area contributed by atoms with Crippen molar-refractivity contribution in [1.82, 2.24) is 4.98 Å². The molecule has 4 aromatic rings. The van der Waals surface area contributed by atoms with E-state index in [0.717, 1.165) is 28.3 Å². The Labute approximate surface area is 127 Å². The summed E-state index contributed by atoms with van der Waals surface area (Å²) in [5.74, 6) is 0.909. The molecule has 0 saturated carbocycles. The highest BCUT2D eigenvalue weighted by Gasteiger charge is 2.17. The molecule has 0 aliphatic heterocycles. The highest BCUT2D eigenvalue weighted by atomic mass is 32.1. The van der Waals surface area contributed by atoms with E-state index in [9.17, 15) is 0 Å². The Hall–Kier alpha value is -2.13. The minimum atomic E-state index is 0.909. The number of para-hydroxylation sites is 2. The summed E-state index contributed by atoms with van der Waals surface area (Å²) in [5, 5.41) is 2.16. The molecule has 104 valence electrons. The van der Waals surface area contributed by atoms with Crippen LogP contribution >= 0.6 is 11.3 Å². The van der Waals surface area contributed by atoms with Gasteiger partial charge in [-0.15, -0.1) is 11.3 Å². The maximum absolute atomic E-state index is 6.18. The van der Waals surface area contributed by atoms with Crippen molar-refractivity contribution >= 4 is 32.5 Å². The van der Waals surface area contributed by atoms with Gasteiger partial charge in [-0.05, 0) is 31.0 Å². The van der Waals surface area contributed by atoms with Crippen molar-refractivity contribution in [2.45, 2.75) is 20.3 Å². The molecule has 0 saturated heterocycles. The van der Waals surface area contributed by atoms with E-state index in [0.29, 0.717) is 0 Å². The number of thiazole rings is 1. The van der Waals surface area contributed by atoms with Gasteiger partial charge in [-0.3, -0.25) is 0 Å². The van der Waals surface area contributed by atoms with Gasteiger partial charge < -0.3 is 4.42 Å². The van der Waals surface area contributed by atoms with Gasteiger partial charge >= 0.3 is 0 Å². The first kappa shape index (κ1) is 12.6. The van der Waals surface area contributed by atoms with Crippen molar-refractivity contribution in [3.8, 4) is 10.8 Å². The molecule has 0 amide bonds. The van der Waals surface area contributed by atoms with Gasteiger partial charge in [0.05, 0.1) is 10.2 Å². The highest BCUT2D eigenvalue weighted by molar-refractivity contribution is 7.21. The van der Waals surface area contributed by atoms with Gasteiger partial charge in [0, 0.05) is 10.9 Å². The number of rotatable bonds is 2. The largest absolute Gasteiger partial charge is 0.453 e. The molecule has 0 bridgehead atoms. The first-order valence-corrected chi connectivity index (χ1v) is 7.96. The molecule has 0 aliphatic rings. The fourth-order valence-electron chi connectivity index (χ4n) is 2.75. The Kier molecular flexibility index (Phi) is 2.82. The van der Waals surface area contributed by atoms with E-state index in [4.69, 9.17) is 9.40 Å². The van der Waals surface area contributed by atoms with Crippen molar-refractivity contribution in [2.24, 2.45) is 0 Å². The molecule has 3 heteroatoms. The maximum atomic E-state index is 6.18. The van der Waals surface area contributed by atoms with E-state index in [2.05, 4.69) is 38.1 Å². The number of hydrogen-bond donors (Lipinski definition) is 0. The van der Waals surface area contributed by atoms with E-state index in [-0.39, 0.29) is 0 Å². The molecule has 21 heavy (non-hydrogen) atoms. The number of fused-ring (bicyclic) bond motifs is 2. The molecule has 2 heterocycles. The van der Waals surface area contributed by atoms with Crippen LogP contribution in [-0.4, -0.2) is 4.98 Å². The lowest BCUT2D eigenvalue weighted by Gasteiger charge is -1.96. The zero-order valence-electron chi connectivity index (χ0n) is 12.0. The van der Waals surface area contributed by atoms with Gasteiger partial charge in [0.2, 0.25) is 0 Å². The summed E-state index contributed by atoms with van der Waals surface area (Å²) in [6, 6.07) is 14.6. The second-order valence-corrected chi connectivity index (χ2v) is 6.22. The topological polar surface area (TPSA) is 26.0 Å². The zero-order chi connectivity index (χ0) is 14.4. The normalized spacial score (nSPS) is 11.5. The fourth-order valence-corrected chi connectivity index (χ4v) is 3.76. The lowest BCUT2D eigenvalue weighted by Crippen LogP contribution is -1.79. The number of aromatic nitrogens is 1. The summed E-state index contributed by atoms with van der Waals surface area (Å²) in [7, 11) is 0. The van der Waals surface area contributed by atoms with Gasteiger partial charge in [0.25, 0.3) is 0 Å². The summed E-state index contributed by atoms with van der Waals surface area (Å²) in [6.45, 7) is 4.27. The van der Waals surface area contributed by atoms with Crippen molar-refractivity contribution < 1.29 is 4.42 Å². The van der Waals surface area contributed by atoms with Gasteiger partial charge in [0.15, 0.2) is 10.8 Å². The molecule has 0 aliphatic carbocycles. The van der Waals surface area contributed by atoms with Crippen LogP contribution in [0, 0.1) is 6.92 Å². The van der Waals surface area contributed by atoms with Gasteiger partial charge in [-0.2, -0.15) is 0 Å². The summed E-state index contributed by atoms with van der Waals surface area (Å²) < 4.78 is 7.38. The Morgan fingerprint density at radius 2 is 1.95 bits per heavy atom. The molecule has 0 fully saturated rings. The quantitative estimate of drug-likeness (QED) is 0.482. The predicted octanol–water partition coefficient (Wildman–Crippen LogP) is 5.58. The van der Waals surface area contributed by atoms with E-state index in [1.54, 1.807) is 11.3 Å². The zero-order valence-corrected chi connectivity index (χ0v) is 12.8. The summed E-state index contributed by atoms with van der Waals surface area (Å²) in [6.07, 6.45) is 0.976. The average Bonchev–Trinajstić information content (AvgIpc) is 3.08. The SMILES string of the molecule is CCc1cccc2c(C)c(-c3nc4ccccc4s3)oc12. The molecule has 2 aromatic heterocycles. The molecule has 0 unspecified atom stereocenters. The van der Waals surface area contributed by atoms with Gasteiger partial charge in [0.1, 0.15) is 5.58 Å². The lowest BCUT2D eigenvalue weighted by molar-refractivity contribution is 0.624. The second-order valence-electron chi connectivity index (χ2n) is 5.19. The van der Waals surface area contributed by atoms with Crippen LogP contribution in [0.1, 0.15) is 18.1 Å². The molecule has 2 nitrogen and oxygen atoms in total. The Bertz CT molecular complexity index is 915. The van der Waals surface area contributed by atoms with Crippen LogP contribution in [0.25, 0.3) is 32.0 Å². The summed E-state index contributed by atoms with van der Waals surface area (Å²) in [4.78, 5) is 4.72. The standard InChI is InChI=1S/C18H15NOS/c1-3-12-7-6-8-13-11(2)16(20-17(12)13)18-19-14-9-4-5-10-15(14)21-18/h4-10H,3H2,1-2H3. The molecular formula is C18H15NOS. The average molecular weight is 293 g/mol. The maximum Gasteiger partial charge on any atom is 0.166 e. The Morgan fingerprint density at radius 3 is 2.76 bits per heavy atom. The minimum Gasteiger partial charge on any atom is -0.453 e. The van der Waals surface area contributed by atoms with Crippen molar-refractivity contribution in [3.63, 3.8) is 0 Å². The highest BCUT2D eigenvalue weighted by Crippen LogP contribution is 2.38. The molecule has 4 rings (SSSR count). The molecule has 0 atom stereocenters. The van der Waals surface area contributed by atoms with Crippen molar-refractivity contribution in [3.05, 3.63) is 53.6 Å². The van der Waals surface area contributed by atoms with Crippen LogP contribution in [0.3, 0.4) is 0 Å². The van der Waals surface area contributed by atoms with Crippen LogP contribution in [-0.2, 0) is 6.42 Å². The van der Waals surface area contributed by atoms with Crippen LogP contribution in [0.4, 0.5) is 0 Å². The monoisotopic (exact) mass is 293 g/mol. The smallest absolute Gasteiger partial charge is 0.166 e. The molecule has 0 radical (unpaired) electrons. The van der Waals surface area contributed by atoms with Crippen molar-refractivity contribution in [1.29, 1.82) is 0 Å². The number of nitrogens with zero attached hydrogens (tertiary/aromatic N) is 1. The molecule has 2 aromatic carbocycles. The predicted molar refractivity (Wildman–Crippen MR) is 88.9 cm³/mol. The minimum absolute atomic E-state index is 0.909. The Balaban J connectivity index is 1.99. The van der Waals surface area contributed by atoms with Crippen LogP contribution in [0.2, 0.25) is 0 Å². The van der Waals surface area contributed by atoms with E-state index < -0.39 is 0 Å². The first-order valence-electron chi connectivity index (χ1n) is 7.15. The molecular weight excluding hydrogens is 278 g/mol. The first-order chi connectivity index (χ1) is 10.3. The van der Waals surface area contributed by atoms with E-state index in [1.165, 1.54) is 21.2 Å². The fraction of sp³-hybridized carbons (Fsp3) is 0.167. The summed E-state index contributed by atoms with van der Waals surface area (Å²) in [5.41, 5.74) is 4.47. The Morgan fingerprint density at radius 1 is 1.10 bits per heavy atom. The van der Waals surface area contributed by atoms with Crippen molar-refractivity contribution in [2.75, 3.05) is 0 Å². The second kappa shape index (κ2) is 4.71. The molecule has 0 spiro atoms. The third kappa shape index (κ3) is 1.88. The van der Waals surface area contributed by atoms with E-state index >= 15 is 0 Å². The number of aryl methyl sites for hydroxylation is 2. The number of furan rings is 1. The van der Waals surface area contributed by atoms with Crippen LogP contribution in [0.5, 0.6) is 0 Å². The third-order valence-electron chi connectivity index (χ3n) is 3.91. The van der Waals surface area contributed by atoms with E-state index in [1.807, 2.05) is 18.2 Å². The third-order valence-corrected chi connectivity index (χ3v) is 4.95. The van der Waals surface area contributed by atoms with Gasteiger partial charge in [-0.25, -0.2) is 4.98 Å².